The largest absolute Gasteiger partial charge is 0.508 e. The molecule has 2 rings (SSSR count). The van der Waals surface area contributed by atoms with Crippen LogP contribution in [0.4, 0.5) is 0 Å². The Labute approximate surface area is 205 Å². The van der Waals surface area contributed by atoms with Gasteiger partial charge in [0.15, 0.2) is 11.6 Å². The second-order valence-corrected chi connectivity index (χ2v) is 9.39. The van der Waals surface area contributed by atoms with Crippen LogP contribution in [-0.4, -0.2) is 21.8 Å². The molecule has 0 saturated heterocycles. The van der Waals surface area contributed by atoms with Gasteiger partial charge in [-0.2, -0.15) is 0 Å². The maximum atomic E-state index is 12.1. The van der Waals surface area contributed by atoms with E-state index in [1.165, 1.54) is 64.2 Å². The van der Waals surface area contributed by atoms with Crippen LogP contribution in [0, 0.1) is 0 Å². The third kappa shape index (κ3) is 12.0. The molecular weight excluding hydrogens is 424 g/mol. The number of aromatic hydroxyl groups is 2. The quantitative estimate of drug-likeness (QED) is 0.161. The van der Waals surface area contributed by atoms with Gasteiger partial charge in [0.1, 0.15) is 11.5 Å². The molecule has 0 heterocycles. The van der Waals surface area contributed by atoms with Gasteiger partial charge in [0.05, 0.1) is 0 Å². The second kappa shape index (κ2) is 16.9. The first-order valence-electron chi connectivity index (χ1n) is 13.2. The monoisotopic (exact) mass is 466 g/mol. The van der Waals surface area contributed by atoms with Crippen LogP contribution in [0.2, 0.25) is 0 Å². The third-order valence-electron chi connectivity index (χ3n) is 6.44. The number of hydrogen-bond acceptors (Lipinski definition) is 4. The summed E-state index contributed by atoms with van der Waals surface area (Å²) in [6.45, 7) is 0. The Balaban J connectivity index is 1.31. The highest BCUT2D eigenvalue weighted by molar-refractivity contribution is 5.96. The van der Waals surface area contributed by atoms with Crippen LogP contribution in [0.15, 0.2) is 48.5 Å². The first kappa shape index (κ1) is 27.6. The van der Waals surface area contributed by atoms with E-state index in [1.54, 1.807) is 48.5 Å². The van der Waals surface area contributed by atoms with Crippen LogP contribution in [0.3, 0.4) is 0 Å². The Morgan fingerprint density at radius 1 is 0.412 bits per heavy atom. The lowest BCUT2D eigenvalue weighted by molar-refractivity contribution is 0.0971. The number of carbonyl (C=O) groups excluding carboxylic acids is 2. The zero-order chi connectivity index (χ0) is 24.4. The van der Waals surface area contributed by atoms with E-state index in [4.69, 9.17) is 0 Å². The fraction of sp³-hybridized carbons (Fsp3) is 0.533. The standard InChI is InChI=1S/C30H42O4/c31-27-21-17-25(18-22-27)29(33)15-13-11-9-7-5-3-1-2-4-6-8-10-12-14-16-30(34)26-19-23-28(32)24-20-26/h17-24,31-32H,1-16H2. The van der Waals surface area contributed by atoms with Crippen molar-refractivity contribution in [2.75, 3.05) is 0 Å². The number of hydrogen-bond donors (Lipinski definition) is 2. The maximum Gasteiger partial charge on any atom is 0.162 e. The van der Waals surface area contributed by atoms with E-state index in [-0.39, 0.29) is 23.1 Å². The molecule has 2 aromatic carbocycles. The minimum atomic E-state index is 0.169. The first-order valence-corrected chi connectivity index (χ1v) is 13.2. The summed E-state index contributed by atoms with van der Waals surface area (Å²) in [5, 5.41) is 18.6. The molecule has 0 aromatic heterocycles. The molecule has 0 atom stereocenters. The molecule has 0 fully saturated rings. The van der Waals surface area contributed by atoms with Gasteiger partial charge in [0.2, 0.25) is 0 Å². The average Bonchev–Trinajstić information content (AvgIpc) is 2.84. The Hall–Kier alpha value is -2.62. The molecule has 4 heteroatoms. The normalized spacial score (nSPS) is 10.9. The smallest absolute Gasteiger partial charge is 0.162 e. The van der Waals surface area contributed by atoms with Crippen LogP contribution in [0.25, 0.3) is 0 Å². The average molecular weight is 467 g/mol. The number of phenolic OH excluding ortho intramolecular Hbond substituents is 2. The summed E-state index contributed by atoms with van der Waals surface area (Å²) < 4.78 is 0. The third-order valence-corrected chi connectivity index (χ3v) is 6.44. The fourth-order valence-electron chi connectivity index (χ4n) is 4.28. The van der Waals surface area contributed by atoms with Gasteiger partial charge in [-0.25, -0.2) is 0 Å². The van der Waals surface area contributed by atoms with Crippen molar-refractivity contribution in [3.8, 4) is 11.5 Å². The summed E-state index contributed by atoms with van der Waals surface area (Å²) in [6, 6.07) is 13.1. The van der Waals surface area contributed by atoms with Crippen molar-refractivity contribution in [1.29, 1.82) is 0 Å². The van der Waals surface area contributed by atoms with Gasteiger partial charge in [-0.05, 0) is 61.4 Å². The van der Waals surface area contributed by atoms with Crippen LogP contribution in [0.1, 0.15) is 123 Å². The molecule has 0 bridgehead atoms. The highest BCUT2D eigenvalue weighted by Crippen LogP contribution is 2.17. The number of benzene rings is 2. The Morgan fingerprint density at radius 2 is 0.647 bits per heavy atom. The second-order valence-electron chi connectivity index (χ2n) is 9.39. The summed E-state index contributed by atoms with van der Waals surface area (Å²) in [5.41, 5.74) is 1.39. The van der Waals surface area contributed by atoms with Gasteiger partial charge in [-0.15, -0.1) is 0 Å². The van der Waals surface area contributed by atoms with E-state index < -0.39 is 0 Å². The van der Waals surface area contributed by atoms with Crippen LogP contribution < -0.4 is 0 Å². The van der Waals surface area contributed by atoms with E-state index in [1.807, 2.05) is 0 Å². The number of Topliss-reactive ketones (excluding diaryl/α,β-unsaturated/α-hetero) is 2. The molecule has 186 valence electrons. The number of unbranched alkanes of at least 4 members (excludes halogenated alkanes) is 13. The predicted molar refractivity (Wildman–Crippen MR) is 139 cm³/mol. The van der Waals surface area contributed by atoms with Crippen molar-refractivity contribution in [2.24, 2.45) is 0 Å². The molecule has 0 amide bonds. The fourth-order valence-corrected chi connectivity index (χ4v) is 4.28. The Morgan fingerprint density at radius 3 is 0.912 bits per heavy atom. The number of carbonyl (C=O) groups is 2. The summed E-state index contributed by atoms with van der Waals surface area (Å²) in [5.74, 6) is 0.735. The van der Waals surface area contributed by atoms with Gasteiger partial charge >= 0.3 is 0 Å². The van der Waals surface area contributed by atoms with Crippen LogP contribution in [-0.2, 0) is 0 Å². The SMILES string of the molecule is O=C(CCCCCCCCCCCCCCCCC(=O)c1ccc(O)cc1)c1ccc(O)cc1. The van der Waals surface area contributed by atoms with Gasteiger partial charge in [-0.3, -0.25) is 9.59 Å². The summed E-state index contributed by atoms with van der Waals surface area (Å²) in [7, 11) is 0. The summed E-state index contributed by atoms with van der Waals surface area (Å²) in [6.07, 6.45) is 18.1. The molecular formula is C30H42O4. The van der Waals surface area contributed by atoms with Gasteiger partial charge < -0.3 is 10.2 Å². The number of phenols is 2. The molecule has 2 N–H and O–H groups in total. The Bertz CT molecular complexity index is 752. The van der Waals surface area contributed by atoms with Gasteiger partial charge in [0.25, 0.3) is 0 Å². The minimum Gasteiger partial charge on any atom is -0.508 e. The summed E-state index contributed by atoms with van der Waals surface area (Å²) in [4.78, 5) is 24.2. The van der Waals surface area contributed by atoms with Crippen molar-refractivity contribution in [3.05, 3.63) is 59.7 Å². The summed E-state index contributed by atoms with van der Waals surface area (Å²) >= 11 is 0. The topological polar surface area (TPSA) is 74.6 Å². The molecule has 4 nitrogen and oxygen atoms in total. The molecule has 0 unspecified atom stereocenters. The molecule has 2 aromatic rings. The van der Waals surface area contributed by atoms with Gasteiger partial charge in [-0.1, -0.05) is 77.0 Å². The van der Waals surface area contributed by atoms with E-state index in [9.17, 15) is 19.8 Å². The lowest BCUT2D eigenvalue weighted by Gasteiger charge is -2.04. The number of rotatable bonds is 19. The van der Waals surface area contributed by atoms with E-state index >= 15 is 0 Å². The molecule has 34 heavy (non-hydrogen) atoms. The zero-order valence-corrected chi connectivity index (χ0v) is 20.6. The van der Waals surface area contributed by atoms with E-state index in [2.05, 4.69) is 0 Å². The van der Waals surface area contributed by atoms with Crippen molar-refractivity contribution < 1.29 is 19.8 Å². The highest BCUT2D eigenvalue weighted by Gasteiger charge is 2.06. The molecule has 0 aliphatic rings. The zero-order valence-electron chi connectivity index (χ0n) is 20.6. The molecule has 0 aliphatic carbocycles. The lowest BCUT2D eigenvalue weighted by Crippen LogP contribution is -1.98. The Kier molecular flexibility index (Phi) is 13.7. The van der Waals surface area contributed by atoms with Crippen molar-refractivity contribution >= 4 is 11.6 Å². The highest BCUT2D eigenvalue weighted by atomic mass is 16.3. The molecule has 0 saturated carbocycles. The maximum absolute atomic E-state index is 12.1. The molecule has 0 radical (unpaired) electrons. The molecule has 0 aliphatic heterocycles. The predicted octanol–water partition coefficient (Wildman–Crippen LogP) is 8.41. The van der Waals surface area contributed by atoms with Crippen molar-refractivity contribution in [2.45, 2.75) is 103 Å². The van der Waals surface area contributed by atoms with Crippen molar-refractivity contribution in [3.63, 3.8) is 0 Å². The number of ketones is 2. The van der Waals surface area contributed by atoms with Gasteiger partial charge in [0, 0.05) is 24.0 Å². The van der Waals surface area contributed by atoms with Crippen LogP contribution >= 0.6 is 0 Å². The lowest BCUT2D eigenvalue weighted by atomic mass is 10.0. The van der Waals surface area contributed by atoms with E-state index in [0.29, 0.717) is 24.0 Å². The first-order chi connectivity index (χ1) is 16.6. The van der Waals surface area contributed by atoms with Crippen molar-refractivity contribution in [1.82, 2.24) is 0 Å². The minimum absolute atomic E-state index is 0.169. The van der Waals surface area contributed by atoms with Crippen LogP contribution in [0.5, 0.6) is 11.5 Å². The molecule has 0 spiro atoms. The van der Waals surface area contributed by atoms with E-state index in [0.717, 1.165) is 25.7 Å².